The maximum atomic E-state index is 12.8. The zero-order valence-electron chi connectivity index (χ0n) is 20.8. The summed E-state index contributed by atoms with van der Waals surface area (Å²) in [6.07, 6.45) is -2.52. The molecule has 1 N–H and O–H groups in total. The third kappa shape index (κ3) is 4.30. The summed E-state index contributed by atoms with van der Waals surface area (Å²) in [6, 6.07) is 5.03. The van der Waals surface area contributed by atoms with Crippen LogP contribution in [0.2, 0.25) is 0 Å². The Morgan fingerprint density at radius 2 is 1.92 bits per heavy atom. The van der Waals surface area contributed by atoms with Gasteiger partial charge in [0.25, 0.3) is 0 Å². The average molecular weight is 504 g/mol. The third-order valence-electron chi connectivity index (χ3n) is 6.15. The molecule has 11 heteroatoms. The Morgan fingerprint density at radius 1 is 1.17 bits per heavy atom. The first kappa shape index (κ1) is 25.2. The van der Waals surface area contributed by atoms with E-state index in [2.05, 4.69) is 0 Å². The number of hydrogen-bond acceptors (Lipinski definition) is 10. The van der Waals surface area contributed by atoms with Gasteiger partial charge in [0.05, 0.1) is 27.9 Å². The van der Waals surface area contributed by atoms with E-state index in [0.717, 1.165) is 0 Å². The first-order chi connectivity index (χ1) is 17.4. The molecule has 2 atom stereocenters. The number of likely N-dealkylation sites (N-methyl/N-ethyl adjacent to an activating group) is 1. The lowest BCUT2D eigenvalue weighted by atomic mass is 9.90. The van der Waals surface area contributed by atoms with Crippen LogP contribution < -0.4 is 23.7 Å². The number of esters is 1. The normalized spacial score (nSPS) is 16.2. The third-order valence-corrected chi connectivity index (χ3v) is 6.15. The van der Waals surface area contributed by atoms with Gasteiger partial charge in [-0.15, -0.1) is 0 Å². The van der Waals surface area contributed by atoms with Gasteiger partial charge < -0.3 is 43.2 Å². The summed E-state index contributed by atoms with van der Waals surface area (Å²) in [5.41, 5.74) is 1.62. The standard InChI is InChI=1S/C25H29NO10/c1-6-33-25(29)26(2)10-9-13-11-16-22(35-12-34-16)23(32-5)17(13)19(27)20-14-7-8-15(30-3)21(31-4)18(14)24(28)36-20/h7-8,11,19-20,27H,6,9-10,12H2,1-5H3/t19?,20-/m0/s1. The van der Waals surface area contributed by atoms with Crippen molar-refractivity contribution in [3.63, 3.8) is 0 Å². The van der Waals surface area contributed by atoms with E-state index >= 15 is 0 Å². The Hall–Kier alpha value is -3.86. The molecule has 36 heavy (non-hydrogen) atoms. The van der Waals surface area contributed by atoms with Gasteiger partial charge in [0.1, 0.15) is 11.7 Å². The Labute approximate surface area is 208 Å². The quantitative estimate of drug-likeness (QED) is 0.511. The number of carbonyl (C=O) groups excluding carboxylic acids is 2. The zero-order chi connectivity index (χ0) is 26.0. The number of amides is 1. The number of rotatable bonds is 9. The summed E-state index contributed by atoms with van der Waals surface area (Å²) >= 11 is 0. The van der Waals surface area contributed by atoms with E-state index in [9.17, 15) is 14.7 Å². The van der Waals surface area contributed by atoms with E-state index < -0.39 is 24.3 Å². The highest BCUT2D eigenvalue weighted by Gasteiger charge is 2.42. The smallest absolute Gasteiger partial charge is 0.409 e. The van der Waals surface area contributed by atoms with Crippen molar-refractivity contribution in [2.24, 2.45) is 0 Å². The van der Waals surface area contributed by atoms with Gasteiger partial charge in [0.2, 0.25) is 12.5 Å². The average Bonchev–Trinajstić information content (AvgIpc) is 3.49. The molecule has 0 saturated carbocycles. The Balaban J connectivity index is 1.76. The zero-order valence-corrected chi connectivity index (χ0v) is 20.8. The number of aliphatic hydroxyl groups excluding tert-OH is 1. The van der Waals surface area contributed by atoms with E-state index in [4.69, 9.17) is 33.2 Å². The lowest BCUT2D eigenvalue weighted by Crippen LogP contribution is -2.29. The van der Waals surface area contributed by atoms with Crippen molar-refractivity contribution < 1.29 is 47.9 Å². The molecule has 2 aromatic rings. The lowest BCUT2D eigenvalue weighted by Gasteiger charge is -2.25. The van der Waals surface area contributed by atoms with Gasteiger partial charge in [-0.1, -0.05) is 6.07 Å². The number of hydrogen-bond donors (Lipinski definition) is 1. The van der Waals surface area contributed by atoms with Crippen molar-refractivity contribution in [2.75, 3.05) is 48.3 Å². The Kier molecular flexibility index (Phi) is 7.30. The molecule has 11 nitrogen and oxygen atoms in total. The summed E-state index contributed by atoms with van der Waals surface area (Å²) in [5, 5.41) is 11.6. The van der Waals surface area contributed by atoms with Crippen molar-refractivity contribution >= 4 is 12.1 Å². The molecule has 1 amide bonds. The van der Waals surface area contributed by atoms with Gasteiger partial charge in [-0.25, -0.2) is 9.59 Å². The first-order valence-electron chi connectivity index (χ1n) is 11.4. The van der Waals surface area contributed by atoms with Crippen LogP contribution in [0.3, 0.4) is 0 Å². The van der Waals surface area contributed by atoms with Crippen LogP contribution in [0.15, 0.2) is 18.2 Å². The molecule has 0 aliphatic carbocycles. The molecule has 0 aromatic heterocycles. The van der Waals surface area contributed by atoms with Crippen molar-refractivity contribution in [1.82, 2.24) is 4.90 Å². The molecule has 2 heterocycles. The van der Waals surface area contributed by atoms with Crippen LogP contribution >= 0.6 is 0 Å². The van der Waals surface area contributed by atoms with Gasteiger partial charge in [0, 0.05) is 24.7 Å². The van der Waals surface area contributed by atoms with Gasteiger partial charge in [-0.3, -0.25) is 0 Å². The van der Waals surface area contributed by atoms with Gasteiger partial charge >= 0.3 is 12.1 Å². The number of fused-ring (bicyclic) bond motifs is 2. The fourth-order valence-electron chi connectivity index (χ4n) is 4.44. The van der Waals surface area contributed by atoms with Crippen LogP contribution in [0.25, 0.3) is 0 Å². The van der Waals surface area contributed by atoms with Gasteiger partial charge in [0.15, 0.2) is 29.1 Å². The highest BCUT2D eigenvalue weighted by Crippen LogP contribution is 2.52. The van der Waals surface area contributed by atoms with Gasteiger partial charge in [-0.05, 0) is 31.0 Å². The Bertz CT molecular complexity index is 1160. The van der Waals surface area contributed by atoms with Crippen molar-refractivity contribution in [2.45, 2.75) is 25.6 Å². The van der Waals surface area contributed by atoms with E-state index in [1.54, 1.807) is 32.2 Å². The monoisotopic (exact) mass is 503 g/mol. The maximum Gasteiger partial charge on any atom is 0.409 e. The topological polar surface area (TPSA) is 122 Å². The summed E-state index contributed by atoms with van der Waals surface area (Å²) in [7, 11) is 5.96. The minimum Gasteiger partial charge on any atom is -0.493 e. The molecular weight excluding hydrogens is 474 g/mol. The van der Waals surface area contributed by atoms with Crippen LogP contribution in [-0.2, 0) is 15.9 Å². The number of benzene rings is 2. The molecule has 4 rings (SSSR count). The van der Waals surface area contributed by atoms with Crippen molar-refractivity contribution in [3.8, 4) is 28.7 Å². The van der Waals surface area contributed by atoms with E-state index in [0.29, 0.717) is 40.4 Å². The fourth-order valence-corrected chi connectivity index (χ4v) is 4.44. The molecule has 0 bridgehead atoms. The molecule has 0 saturated heterocycles. The predicted molar refractivity (Wildman–Crippen MR) is 125 cm³/mol. The number of cyclic esters (lactones) is 1. The highest BCUT2D eigenvalue weighted by atomic mass is 16.7. The highest BCUT2D eigenvalue weighted by molar-refractivity contribution is 5.98. The SMILES string of the molecule is CCOC(=O)N(C)CCc1cc2c(c(OC)c1C(O)[C@H]1OC(=O)c3c1ccc(OC)c3OC)OCO2. The molecular formula is C25H29NO10. The molecule has 1 unspecified atom stereocenters. The molecule has 2 aliphatic heterocycles. The fraction of sp³-hybridized carbons (Fsp3) is 0.440. The van der Waals surface area contributed by atoms with Crippen molar-refractivity contribution in [3.05, 3.63) is 40.5 Å². The Morgan fingerprint density at radius 3 is 2.58 bits per heavy atom. The molecule has 2 aromatic carbocycles. The molecule has 2 aliphatic rings. The molecule has 0 radical (unpaired) electrons. The van der Waals surface area contributed by atoms with E-state index in [1.165, 1.54) is 26.2 Å². The largest absolute Gasteiger partial charge is 0.493 e. The molecule has 194 valence electrons. The second-order valence-electron chi connectivity index (χ2n) is 8.12. The number of ether oxygens (including phenoxy) is 7. The lowest BCUT2D eigenvalue weighted by molar-refractivity contribution is -0.0114. The predicted octanol–water partition coefficient (Wildman–Crippen LogP) is 3.02. The minimum absolute atomic E-state index is 0.00828. The molecule has 0 fully saturated rings. The molecule has 0 spiro atoms. The van der Waals surface area contributed by atoms with Crippen LogP contribution in [0.4, 0.5) is 4.79 Å². The number of carbonyl (C=O) groups is 2. The van der Waals surface area contributed by atoms with Gasteiger partial charge in [-0.2, -0.15) is 0 Å². The van der Waals surface area contributed by atoms with E-state index in [1.807, 2.05) is 0 Å². The second-order valence-corrected chi connectivity index (χ2v) is 8.12. The second kappa shape index (κ2) is 10.4. The van der Waals surface area contributed by atoms with Crippen LogP contribution in [0, 0.1) is 0 Å². The number of methoxy groups -OCH3 is 3. The van der Waals surface area contributed by atoms with Crippen LogP contribution in [-0.4, -0.2) is 70.4 Å². The number of aliphatic hydroxyl groups is 1. The number of nitrogens with zero attached hydrogens (tertiary/aromatic N) is 1. The summed E-state index contributed by atoms with van der Waals surface area (Å²) < 4.78 is 38.2. The summed E-state index contributed by atoms with van der Waals surface area (Å²) in [5.74, 6) is 0.998. The minimum atomic E-state index is -1.33. The van der Waals surface area contributed by atoms with E-state index in [-0.39, 0.29) is 37.0 Å². The van der Waals surface area contributed by atoms with Crippen LogP contribution in [0.5, 0.6) is 28.7 Å². The summed E-state index contributed by atoms with van der Waals surface area (Å²) in [6.45, 7) is 2.26. The maximum absolute atomic E-state index is 12.8. The van der Waals surface area contributed by atoms with Crippen LogP contribution in [0.1, 0.15) is 46.2 Å². The van der Waals surface area contributed by atoms with Crippen molar-refractivity contribution in [1.29, 1.82) is 0 Å². The first-order valence-corrected chi connectivity index (χ1v) is 11.4. The summed E-state index contributed by atoms with van der Waals surface area (Å²) in [4.78, 5) is 26.4.